The number of aromatic nitrogens is 4. The van der Waals surface area contributed by atoms with Gasteiger partial charge in [-0.2, -0.15) is 0 Å². The molecule has 0 saturated carbocycles. The van der Waals surface area contributed by atoms with Crippen molar-refractivity contribution in [2.75, 3.05) is 0 Å². The molecule has 7 heteroatoms. The lowest BCUT2D eigenvalue weighted by molar-refractivity contribution is 0.412. The average molecular weight is 406 g/mol. The minimum Gasteiger partial charge on any atom is -0.424 e. The van der Waals surface area contributed by atoms with Gasteiger partial charge in [0, 0.05) is 29.3 Å². The van der Waals surface area contributed by atoms with Crippen molar-refractivity contribution >= 4 is 17.1 Å². The van der Waals surface area contributed by atoms with Gasteiger partial charge in [0.2, 0.25) is 11.8 Å². The molecule has 0 aliphatic carbocycles. The molecule has 29 heavy (non-hydrogen) atoms. The molecule has 2 N–H and O–H groups in total. The zero-order chi connectivity index (χ0) is 20.6. The first-order chi connectivity index (χ1) is 13.9. The van der Waals surface area contributed by atoms with Crippen LogP contribution in [0.3, 0.4) is 0 Å². The number of halogens is 1. The standard InChI is InChI=1S/C22H20ClN5O/c1-14-26-27-21(29-14)22(2,3)9-7-15-5-4-6-16(11-15)20-18-12-17(23)8-10-28(18)19(13-24)25-20/h4-6,8,10-12H,13,24H2,1-3H3. The van der Waals surface area contributed by atoms with E-state index < -0.39 is 5.41 Å². The number of fused-ring (bicyclic) bond motifs is 1. The summed E-state index contributed by atoms with van der Waals surface area (Å²) >= 11 is 6.21. The van der Waals surface area contributed by atoms with Gasteiger partial charge >= 0.3 is 0 Å². The third kappa shape index (κ3) is 3.75. The molecule has 4 rings (SSSR count). The summed E-state index contributed by atoms with van der Waals surface area (Å²) in [6.07, 6.45) is 1.88. The van der Waals surface area contributed by atoms with Gasteiger partial charge in [0.15, 0.2) is 0 Å². The van der Waals surface area contributed by atoms with Gasteiger partial charge in [0.25, 0.3) is 0 Å². The van der Waals surface area contributed by atoms with Crippen LogP contribution in [-0.4, -0.2) is 19.6 Å². The van der Waals surface area contributed by atoms with Crippen LogP contribution in [0.1, 0.15) is 37.0 Å². The molecule has 0 spiro atoms. The Balaban J connectivity index is 1.74. The van der Waals surface area contributed by atoms with Crippen LogP contribution in [0.2, 0.25) is 5.02 Å². The van der Waals surface area contributed by atoms with Crippen molar-refractivity contribution < 1.29 is 4.42 Å². The van der Waals surface area contributed by atoms with E-state index in [2.05, 4.69) is 22.0 Å². The van der Waals surface area contributed by atoms with E-state index in [-0.39, 0.29) is 0 Å². The Labute approximate surface area is 173 Å². The Bertz CT molecular complexity index is 1260. The monoisotopic (exact) mass is 405 g/mol. The summed E-state index contributed by atoms with van der Waals surface area (Å²) in [6.45, 7) is 6.01. The number of rotatable bonds is 3. The molecular weight excluding hydrogens is 386 g/mol. The molecule has 0 aliphatic heterocycles. The Kier molecular flexibility index (Phi) is 4.87. The van der Waals surface area contributed by atoms with E-state index in [0.29, 0.717) is 23.3 Å². The molecule has 3 heterocycles. The SMILES string of the molecule is Cc1nnc(C(C)(C)C#Cc2cccc(-c3nc(CN)n4ccc(Cl)cc34)c2)o1. The number of nitrogens with two attached hydrogens (primary N) is 1. The van der Waals surface area contributed by atoms with E-state index in [0.717, 1.165) is 28.2 Å². The summed E-state index contributed by atoms with van der Waals surface area (Å²) in [5, 5.41) is 8.63. The Morgan fingerprint density at radius 3 is 2.76 bits per heavy atom. The van der Waals surface area contributed by atoms with E-state index in [1.807, 2.05) is 60.8 Å². The maximum atomic E-state index is 6.21. The molecule has 3 aromatic heterocycles. The maximum absolute atomic E-state index is 6.21. The van der Waals surface area contributed by atoms with Crippen molar-refractivity contribution in [3.05, 3.63) is 70.8 Å². The van der Waals surface area contributed by atoms with Gasteiger partial charge in [-0.05, 0) is 38.1 Å². The average Bonchev–Trinajstić information content (AvgIpc) is 3.30. The summed E-state index contributed by atoms with van der Waals surface area (Å²) in [4.78, 5) is 4.72. The molecule has 0 amide bonds. The van der Waals surface area contributed by atoms with Gasteiger partial charge in [-0.15, -0.1) is 10.2 Å². The van der Waals surface area contributed by atoms with Gasteiger partial charge < -0.3 is 14.6 Å². The first-order valence-corrected chi connectivity index (χ1v) is 9.56. The predicted molar refractivity (Wildman–Crippen MR) is 112 cm³/mol. The Morgan fingerprint density at radius 1 is 1.21 bits per heavy atom. The van der Waals surface area contributed by atoms with Crippen molar-refractivity contribution in [1.29, 1.82) is 0 Å². The van der Waals surface area contributed by atoms with Gasteiger partial charge in [0.05, 0.1) is 17.8 Å². The summed E-state index contributed by atoms with van der Waals surface area (Å²) in [5.74, 6) is 8.25. The summed E-state index contributed by atoms with van der Waals surface area (Å²) in [6, 6.07) is 11.6. The fraction of sp³-hybridized carbons (Fsp3) is 0.227. The van der Waals surface area contributed by atoms with E-state index in [9.17, 15) is 0 Å². The Hall–Kier alpha value is -3.14. The normalized spacial score (nSPS) is 11.5. The lowest BCUT2D eigenvalue weighted by atomic mass is 9.94. The van der Waals surface area contributed by atoms with E-state index in [1.165, 1.54) is 0 Å². The topological polar surface area (TPSA) is 82.2 Å². The number of benzene rings is 1. The van der Waals surface area contributed by atoms with Crippen LogP contribution >= 0.6 is 11.6 Å². The van der Waals surface area contributed by atoms with Crippen LogP contribution in [0.25, 0.3) is 16.8 Å². The third-order valence-electron chi connectivity index (χ3n) is 4.58. The highest BCUT2D eigenvalue weighted by molar-refractivity contribution is 6.31. The second-order valence-electron chi connectivity index (χ2n) is 7.26. The molecule has 0 unspecified atom stereocenters. The molecule has 1 aromatic carbocycles. The zero-order valence-corrected chi connectivity index (χ0v) is 17.2. The largest absolute Gasteiger partial charge is 0.424 e. The van der Waals surface area contributed by atoms with Crippen LogP contribution < -0.4 is 5.73 Å². The van der Waals surface area contributed by atoms with Gasteiger partial charge in [-0.3, -0.25) is 0 Å². The summed E-state index contributed by atoms with van der Waals surface area (Å²) in [5.41, 5.74) is 8.85. The molecule has 146 valence electrons. The van der Waals surface area contributed by atoms with Crippen LogP contribution in [0, 0.1) is 18.8 Å². The molecule has 0 atom stereocenters. The van der Waals surface area contributed by atoms with E-state index in [4.69, 9.17) is 26.7 Å². The molecule has 0 bridgehead atoms. The predicted octanol–water partition coefficient (Wildman–Crippen LogP) is 4.13. The lowest BCUT2D eigenvalue weighted by Gasteiger charge is -2.11. The van der Waals surface area contributed by atoms with Gasteiger partial charge in [0.1, 0.15) is 11.2 Å². The highest BCUT2D eigenvalue weighted by Gasteiger charge is 2.24. The molecule has 6 nitrogen and oxygen atoms in total. The van der Waals surface area contributed by atoms with Crippen LogP contribution in [0.4, 0.5) is 0 Å². The van der Waals surface area contributed by atoms with Crippen LogP contribution in [0.15, 0.2) is 47.0 Å². The molecule has 0 saturated heterocycles. The van der Waals surface area contributed by atoms with Crippen molar-refractivity contribution in [2.24, 2.45) is 5.73 Å². The van der Waals surface area contributed by atoms with Crippen molar-refractivity contribution in [1.82, 2.24) is 19.6 Å². The zero-order valence-electron chi connectivity index (χ0n) is 16.4. The lowest BCUT2D eigenvalue weighted by Crippen LogP contribution is -2.14. The molecule has 0 fully saturated rings. The number of nitrogens with zero attached hydrogens (tertiary/aromatic N) is 4. The molecular formula is C22H20ClN5O. The quantitative estimate of drug-likeness (QED) is 0.518. The van der Waals surface area contributed by atoms with Crippen LogP contribution in [-0.2, 0) is 12.0 Å². The van der Waals surface area contributed by atoms with Crippen molar-refractivity contribution in [3.8, 4) is 23.1 Å². The van der Waals surface area contributed by atoms with Crippen molar-refractivity contribution in [3.63, 3.8) is 0 Å². The fourth-order valence-electron chi connectivity index (χ4n) is 3.05. The number of imidazole rings is 1. The number of pyridine rings is 1. The maximum Gasteiger partial charge on any atom is 0.233 e. The van der Waals surface area contributed by atoms with Gasteiger partial charge in [-0.1, -0.05) is 35.6 Å². The molecule has 4 aromatic rings. The first-order valence-electron chi connectivity index (χ1n) is 9.18. The Morgan fingerprint density at radius 2 is 2.03 bits per heavy atom. The first kappa shape index (κ1) is 19.2. The van der Waals surface area contributed by atoms with Gasteiger partial charge in [-0.25, -0.2) is 4.98 Å². The third-order valence-corrected chi connectivity index (χ3v) is 4.81. The minimum atomic E-state index is -0.557. The van der Waals surface area contributed by atoms with Crippen molar-refractivity contribution in [2.45, 2.75) is 32.7 Å². The van der Waals surface area contributed by atoms with E-state index >= 15 is 0 Å². The summed E-state index contributed by atoms with van der Waals surface area (Å²) in [7, 11) is 0. The number of hydrogen-bond acceptors (Lipinski definition) is 5. The second-order valence-corrected chi connectivity index (χ2v) is 7.70. The fourth-order valence-corrected chi connectivity index (χ4v) is 3.21. The highest BCUT2D eigenvalue weighted by atomic mass is 35.5. The van der Waals surface area contributed by atoms with E-state index in [1.54, 1.807) is 6.92 Å². The second kappa shape index (κ2) is 7.36. The number of aryl methyl sites for hydroxylation is 1. The number of hydrogen-bond donors (Lipinski definition) is 1. The smallest absolute Gasteiger partial charge is 0.233 e. The minimum absolute atomic E-state index is 0.333. The molecule has 0 aliphatic rings. The molecule has 0 radical (unpaired) electrons. The highest BCUT2D eigenvalue weighted by Crippen LogP contribution is 2.28. The van der Waals surface area contributed by atoms with Crippen LogP contribution in [0.5, 0.6) is 0 Å². The summed E-state index contributed by atoms with van der Waals surface area (Å²) < 4.78 is 7.50.